The molecule has 0 fully saturated rings. The molecule has 4 heteroatoms. The second-order valence-corrected chi connectivity index (χ2v) is 3.50. The third kappa shape index (κ3) is 5.09. The van der Waals surface area contributed by atoms with Gasteiger partial charge in [0.25, 0.3) is 0 Å². The lowest BCUT2D eigenvalue weighted by Crippen LogP contribution is -2.33. The van der Waals surface area contributed by atoms with Gasteiger partial charge in [-0.2, -0.15) is 0 Å². The van der Waals surface area contributed by atoms with E-state index < -0.39 is 0 Å². The molecular weight excluding hydrogens is 154 g/mol. The van der Waals surface area contributed by atoms with Gasteiger partial charge in [-0.15, -0.1) is 0 Å². The normalized spacial score (nSPS) is 13.1. The number of hydrogen-bond acceptors (Lipinski definition) is 3. The number of amides is 1. The predicted octanol–water partition coefficient (Wildman–Crippen LogP) is -0.0126. The maximum Gasteiger partial charge on any atom is 0.234 e. The first-order valence-electron chi connectivity index (χ1n) is 4.29. The van der Waals surface area contributed by atoms with Crippen molar-refractivity contribution in [1.82, 2.24) is 5.43 Å². The molecule has 12 heavy (non-hydrogen) atoms. The van der Waals surface area contributed by atoms with Crippen LogP contribution in [0.3, 0.4) is 0 Å². The van der Waals surface area contributed by atoms with Gasteiger partial charge in [-0.1, -0.05) is 13.8 Å². The molecule has 0 aromatic heterocycles. The van der Waals surface area contributed by atoms with E-state index in [1.807, 2.05) is 0 Å². The number of carbonyl (C=O) groups is 1. The molecule has 1 atom stereocenters. The van der Waals surface area contributed by atoms with Gasteiger partial charge in [0.15, 0.2) is 0 Å². The highest BCUT2D eigenvalue weighted by Gasteiger charge is 2.12. The monoisotopic (exact) mass is 173 g/mol. The number of nitrogens with one attached hydrogen (secondary N) is 1. The van der Waals surface area contributed by atoms with Crippen LogP contribution in [0.4, 0.5) is 0 Å². The molecular formula is C8H19N3O. The Bertz CT molecular complexity index is 136. The molecule has 0 aliphatic carbocycles. The van der Waals surface area contributed by atoms with Gasteiger partial charge in [-0.05, 0) is 24.8 Å². The molecule has 5 N–H and O–H groups in total. The Kier molecular flexibility index (Phi) is 5.66. The van der Waals surface area contributed by atoms with E-state index in [9.17, 15) is 4.79 Å². The van der Waals surface area contributed by atoms with Crippen molar-refractivity contribution >= 4 is 5.91 Å². The van der Waals surface area contributed by atoms with Crippen LogP contribution in [0.1, 0.15) is 26.7 Å². The topological polar surface area (TPSA) is 81.1 Å². The molecule has 1 amide bonds. The number of carbonyl (C=O) groups excluding carboxylic acids is 1. The second kappa shape index (κ2) is 5.97. The third-order valence-electron chi connectivity index (χ3n) is 1.77. The van der Waals surface area contributed by atoms with E-state index in [0.29, 0.717) is 18.9 Å². The Morgan fingerprint density at radius 1 is 1.50 bits per heavy atom. The smallest absolute Gasteiger partial charge is 0.234 e. The molecule has 72 valence electrons. The molecule has 0 radical (unpaired) electrons. The summed E-state index contributed by atoms with van der Waals surface area (Å²) < 4.78 is 0. The van der Waals surface area contributed by atoms with Crippen molar-refractivity contribution in [2.45, 2.75) is 26.7 Å². The minimum atomic E-state index is -0.133. The largest absolute Gasteiger partial charge is 0.330 e. The van der Waals surface area contributed by atoms with Gasteiger partial charge in [0.1, 0.15) is 0 Å². The zero-order chi connectivity index (χ0) is 9.56. The molecule has 0 unspecified atom stereocenters. The van der Waals surface area contributed by atoms with Crippen molar-refractivity contribution in [3.63, 3.8) is 0 Å². The van der Waals surface area contributed by atoms with Crippen LogP contribution in [0.15, 0.2) is 0 Å². The number of hydrogen-bond donors (Lipinski definition) is 3. The van der Waals surface area contributed by atoms with E-state index in [1.54, 1.807) is 0 Å². The van der Waals surface area contributed by atoms with Crippen LogP contribution in [0.25, 0.3) is 0 Å². The van der Waals surface area contributed by atoms with Crippen LogP contribution >= 0.6 is 0 Å². The van der Waals surface area contributed by atoms with Gasteiger partial charge in [-0.3, -0.25) is 10.2 Å². The van der Waals surface area contributed by atoms with Gasteiger partial charge in [-0.25, -0.2) is 5.84 Å². The highest BCUT2D eigenvalue weighted by atomic mass is 16.2. The summed E-state index contributed by atoms with van der Waals surface area (Å²) in [5.41, 5.74) is 7.61. The number of nitrogens with two attached hydrogens (primary N) is 2. The average molecular weight is 173 g/mol. The lowest BCUT2D eigenvalue weighted by Gasteiger charge is -2.15. The second-order valence-electron chi connectivity index (χ2n) is 3.50. The fourth-order valence-electron chi connectivity index (χ4n) is 1.25. The highest BCUT2D eigenvalue weighted by molar-refractivity contribution is 5.75. The van der Waals surface area contributed by atoms with Crippen LogP contribution in [-0.4, -0.2) is 12.5 Å². The standard InChI is InChI=1S/C8H19N3O/c1-6(2)3-7(5-9)4-8(12)11-10/h6-7H,3-5,9-10H2,1-2H3,(H,11,12)/t7-/m0/s1. The van der Waals surface area contributed by atoms with Crippen molar-refractivity contribution in [3.8, 4) is 0 Å². The molecule has 0 saturated carbocycles. The first kappa shape index (κ1) is 11.4. The first-order chi connectivity index (χ1) is 5.60. The fraction of sp³-hybridized carbons (Fsp3) is 0.875. The Morgan fingerprint density at radius 2 is 2.08 bits per heavy atom. The Balaban J connectivity index is 3.74. The molecule has 0 saturated heterocycles. The lowest BCUT2D eigenvalue weighted by molar-refractivity contribution is -0.122. The van der Waals surface area contributed by atoms with Gasteiger partial charge >= 0.3 is 0 Å². The van der Waals surface area contributed by atoms with Crippen molar-refractivity contribution in [2.75, 3.05) is 6.54 Å². The average Bonchev–Trinajstić information content (AvgIpc) is 2.02. The van der Waals surface area contributed by atoms with Crippen molar-refractivity contribution in [3.05, 3.63) is 0 Å². The minimum absolute atomic E-state index is 0.133. The van der Waals surface area contributed by atoms with Crippen LogP contribution in [-0.2, 0) is 4.79 Å². The molecule has 0 aromatic rings. The van der Waals surface area contributed by atoms with E-state index in [-0.39, 0.29) is 11.8 Å². The summed E-state index contributed by atoms with van der Waals surface area (Å²) >= 11 is 0. The summed E-state index contributed by atoms with van der Waals surface area (Å²) in [6, 6.07) is 0. The summed E-state index contributed by atoms with van der Waals surface area (Å²) in [6.45, 7) is 4.78. The molecule has 0 aliphatic heterocycles. The molecule has 0 rings (SSSR count). The maximum atomic E-state index is 10.9. The van der Waals surface area contributed by atoms with Crippen LogP contribution in [0.2, 0.25) is 0 Å². The molecule has 0 aliphatic rings. The van der Waals surface area contributed by atoms with Crippen LogP contribution in [0, 0.1) is 11.8 Å². The zero-order valence-corrected chi connectivity index (χ0v) is 7.84. The summed E-state index contributed by atoms with van der Waals surface area (Å²) in [5, 5.41) is 0. The van der Waals surface area contributed by atoms with Crippen molar-refractivity contribution in [1.29, 1.82) is 0 Å². The Hall–Kier alpha value is -0.610. The van der Waals surface area contributed by atoms with Crippen molar-refractivity contribution < 1.29 is 4.79 Å². The minimum Gasteiger partial charge on any atom is -0.330 e. The van der Waals surface area contributed by atoms with Gasteiger partial charge < -0.3 is 5.73 Å². The quantitative estimate of drug-likeness (QED) is 0.310. The summed E-state index contributed by atoms with van der Waals surface area (Å²) in [4.78, 5) is 10.9. The van der Waals surface area contributed by atoms with E-state index in [4.69, 9.17) is 11.6 Å². The van der Waals surface area contributed by atoms with Crippen molar-refractivity contribution in [2.24, 2.45) is 23.4 Å². The van der Waals surface area contributed by atoms with Gasteiger partial charge in [0, 0.05) is 6.42 Å². The molecule has 4 nitrogen and oxygen atoms in total. The fourth-order valence-corrected chi connectivity index (χ4v) is 1.25. The Labute approximate surface area is 73.7 Å². The molecule has 0 bridgehead atoms. The zero-order valence-electron chi connectivity index (χ0n) is 7.84. The molecule has 0 spiro atoms. The summed E-state index contributed by atoms with van der Waals surface area (Å²) in [6.07, 6.45) is 1.41. The predicted molar refractivity (Wildman–Crippen MR) is 48.9 cm³/mol. The first-order valence-corrected chi connectivity index (χ1v) is 4.29. The van der Waals surface area contributed by atoms with Crippen LogP contribution in [0.5, 0.6) is 0 Å². The Morgan fingerprint density at radius 3 is 2.42 bits per heavy atom. The van der Waals surface area contributed by atoms with E-state index in [0.717, 1.165) is 6.42 Å². The van der Waals surface area contributed by atoms with Gasteiger partial charge in [0.2, 0.25) is 5.91 Å². The maximum absolute atomic E-state index is 10.9. The van der Waals surface area contributed by atoms with Gasteiger partial charge in [0.05, 0.1) is 0 Å². The lowest BCUT2D eigenvalue weighted by atomic mass is 9.94. The van der Waals surface area contributed by atoms with Crippen LogP contribution < -0.4 is 17.0 Å². The summed E-state index contributed by atoms with van der Waals surface area (Å²) in [5.74, 6) is 5.66. The number of hydrazine groups is 1. The van der Waals surface area contributed by atoms with E-state index in [2.05, 4.69) is 19.3 Å². The molecule has 0 heterocycles. The third-order valence-corrected chi connectivity index (χ3v) is 1.77. The van der Waals surface area contributed by atoms with E-state index in [1.165, 1.54) is 0 Å². The number of rotatable bonds is 5. The molecule has 0 aromatic carbocycles. The summed E-state index contributed by atoms with van der Waals surface area (Å²) in [7, 11) is 0. The highest BCUT2D eigenvalue weighted by Crippen LogP contribution is 2.13. The van der Waals surface area contributed by atoms with E-state index >= 15 is 0 Å². The SMILES string of the molecule is CC(C)C[C@H](CN)CC(=O)NN.